The number of carbonyl (C=O) groups excluding carboxylic acids is 2. The third-order valence-corrected chi connectivity index (χ3v) is 4.68. The number of anilines is 1. The Kier molecular flexibility index (Phi) is 4.99. The van der Waals surface area contributed by atoms with E-state index in [0.717, 1.165) is 10.4 Å². The number of fused-ring (bicyclic) bond motifs is 1. The van der Waals surface area contributed by atoms with Gasteiger partial charge in [-0.2, -0.15) is 0 Å². The van der Waals surface area contributed by atoms with E-state index in [4.69, 9.17) is 5.73 Å². The van der Waals surface area contributed by atoms with Gasteiger partial charge in [-0.05, 0) is 37.3 Å². The maximum atomic E-state index is 12.6. The van der Waals surface area contributed by atoms with Crippen molar-refractivity contribution in [2.24, 2.45) is 5.73 Å². The van der Waals surface area contributed by atoms with Crippen LogP contribution >= 0.6 is 11.8 Å². The molecule has 0 radical (unpaired) electrons. The molecule has 1 aromatic heterocycles. The highest BCUT2D eigenvalue weighted by atomic mass is 32.2. The molecule has 2 amide bonds. The van der Waals surface area contributed by atoms with Crippen LogP contribution in [0.5, 0.6) is 0 Å². The molecule has 0 saturated heterocycles. The number of hydrogen-bond donors (Lipinski definition) is 2. The molecule has 0 saturated carbocycles. The molecule has 2 aromatic carbocycles. The van der Waals surface area contributed by atoms with Gasteiger partial charge >= 0.3 is 0 Å². The fourth-order valence-corrected chi connectivity index (χ4v) is 3.13. The van der Waals surface area contributed by atoms with Gasteiger partial charge in [-0.25, -0.2) is 4.68 Å². The summed E-state index contributed by atoms with van der Waals surface area (Å²) in [7, 11) is 0. The van der Waals surface area contributed by atoms with E-state index < -0.39 is 5.91 Å². The average Bonchev–Trinajstić information content (AvgIpc) is 3.03. The minimum atomic E-state index is -0.407. The van der Waals surface area contributed by atoms with Crippen LogP contribution in [0, 0.1) is 0 Å². The Morgan fingerprint density at radius 2 is 2.04 bits per heavy atom. The Hall–Kier alpha value is -2.87. The second-order valence-electron chi connectivity index (χ2n) is 5.31. The molecule has 3 aromatic rings. The maximum absolute atomic E-state index is 12.6. The van der Waals surface area contributed by atoms with Gasteiger partial charge in [-0.3, -0.25) is 9.59 Å². The zero-order valence-corrected chi connectivity index (χ0v) is 14.4. The molecule has 3 rings (SSSR count). The van der Waals surface area contributed by atoms with Crippen LogP contribution in [0.25, 0.3) is 11.0 Å². The number of amides is 2. The highest BCUT2D eigenvalue weighted by Crippen LogP contribution is 2.27. The first-order valence-corrected chi connectivity index (χ1v) is 8.71. The molecule has 0 aliphatic rings. The lowest BCUT2D eigenvalue weighted by Crippen LogP contribution is -2.14. The highest BCUT2D eigenvalue weighted by molar-refractivity contribution is 8.00. The van der Waals surface area contributed by atoms with Crippen LogP contribution in [-0.2, 0) is 11.3 Å². The Morgan fingerprint density at radius 3 is 2.80 bits per heavy atom. The van der Waals surface area contributed by atoms with Crippen molar-refractivity contribution in [2.75, 3.05) is 11.1 Å². The number of rotatable bonds is 6. The minimum absolute atomic E-state index is 0.152. The van der Waals surface area contributed by atoms with E-state index >= 15 is 0 Å². The average molecular weight is 355 g/mol. The summed E-state index contributed by atoms with van der Waals surface area (Å²) in [6.07, 6.45) is 0. The van der Waals surface area contributed by atoms with E-state index in [1.807, 2.05) is 31.2 Å². The summed E-state index contributed by atoms with van der Waals surface area (Å²) >= 11 is 1.29. The van der Waals surface area contributed by atoms with Gasteiger partial charge in [0.25, 0.3) is 5.91 Å². The largest absolute Gasteiger partial charge is 0.369 e. The van der Waals surface area contributed by atoms with Gasteiger partial charge in [0.2, 0.25) is 5.91 Å². The Balaban J connectivity index is 1.81. The van der Waals surface area contributed by atoms with Gasteiger partial charge in [0.05, 0.1) is 17.0 Å². The zero-order valence-electron chi connectivity index (χ0n) is 13.6. The quantitative estimate of drug-likeness (QED) is 0.660. The van der Waals surface area contributed by atoms with E-state index in [2.05, 4.69) is 15.6 Å². The number of hydrogen-bond acceptors (Lipinski definition) is 5. The molecule has 7 nitrogen and oxygen atoms in total. The summed E-state index contributed by atoms with van der Waals surface area (Å²) in [5, 5.41) is 11.0. The summed E-state index contributed by atoms with van der Waals surface area (Å²) in [5.74, 6) is -0.505. The van der Waals surface area contributed by atoms with Gasteiger partial charge in [0.15, 0.2) is 0 Å². The Bertz CT molecular complexity index is 938. The van der Waals surface area contributed by atoms with Crippen molar-refractivity contribution < 1.29 is 9.59 Å². The lowest BCUT2D eigenvalue weighted by molar-refractivity contribution is -0.115. The molecule has 0 unspecified atom stereocenters. The van der Waals surface area contributed by atoms with Gasteiger partial charge in [-0.1, -0.05) is 17.3 Å². The van der Waals surface area contributed by atoms with Crippen LogP contribution in [0.15, 0.2) is 47.4 Å². The lowest BCUT2D eigenvalue weighted by Gasteiger charge is -2.10. The standard InChI is InChI=1S/C17H17N5O2S/c1-2-22-14-8-7-11(9-13(14)20-21-22)17(24)19-12-5-3-4-6-15(12)25-10-16(18)23/h3-9H,2,10H2,1H3,(H2,18,23)(H,19,24). The molecule has 3 N–H and O–H groups in total. The molecule has 25 heavy (non-hydrogen) atoms. The summed E-state index contributed by atoms with van der Waals surface area (Å²) in [4.78, 5) is 24.3. The van der Waals surface area contributed by atoms with Crippen molar-refractivity contribution >= 4 is 40.3 Å². The summed E-state index contributed by atoms with van der Waals surface area (Å²) in [5.41, 5.74) is 7.87. The summed E-state index contributed by atoms with van der Waals surface area (Å²) < 4.78 is 1.77. The lowest BCUT2D eigenvalue weighted by atomic mass is 10.2. The number of benzene rings is 2. The molecule has 0 atom stereocenters. The molecule has 0 aliphatic heterocycles. The second-order valence-corrected chi connectivity index (χ2v) is 6.33. The first-order chi connectivity index (χ1) is 12.1. The van der Waals surface area contributed by atoms with Crippen molar-refractivity contribution in [1.29, 1.82) is 0 Å². The maximum Gasteiger partial charge on any atom is 0.255 e. The second kappa shape index (κ2) is 7.35. The highest BCUT2D eigenvalue weighted by Gasteiger charge is 2.12. The van der Waals surface area contributed by atoms with Crippen molar-refractivity contribution in [2.45, 2.75) is 18.4 Å². The van der Waals surface area contributed by atoms with Gasteiger partial charge < -0.3 is 11.1 Å². The number of nitrogens with zero attached hydrogens (tertiary/aromatic N) is 3. The number of aromatic nitrogens is 3. The Labute approximate surface area is 148 Å². The topological polar surface area (TPSA) is 103 Å². The molecular formula is C17H17N5O2S. The van der Waals surface area contributed by atoms with Crippen molar-refractivity contribution in [3.63, 3.8) is 0 Å². The first-order valence-electron chi connectivity index (χ1n) is 7.73. The van der Waals surface area contributed by atoms with E-state index in [-0.39, 0.29) is 11.7 Å². The number of nitrogens with two attached hydrogens (primary N) is 1. The fourth-order valence-electron chi connectivity index (χ4n) is 2.39. The molecule has 0 aliphatic carbocycles. The van der Waals surface area contributed by atoms with Crippen LogP contribution < -0.4 is 11.1 Å². The predicted molar refractivity (Wildman–Crippen MR) is 97.5 cm³/mol. The van der Waals surface area contributed by atoms with Crippen LogP contribution in [0.3, 0.4) is 0 Å². The molecule has 1 heterocycles. The minimum Gasteiger partial charge on any atom is -0.369 e. The monoisotopic (exact) mass is 355 g/mol. The van der Waals surface area contributed by atoms with E-state index in [0.29, 0.717) is 23.3 Å². The van der Waals surface area contributed by atoms with Crippen LogP contribution in [0.2, 0.25) is 0 Å². The molecule has 0 fully saturated rings. The Morgan fingerprint density at radius 1 is 1.24 bits per heavy atom. The molecular weight excluding hydrogens is 338 g/mol. The SMILES string of the molecule is CCn1nnc2cc(C(=O)Nc3ccccc3SCC(N)=O)ccc21. The molecule has 0 spiro atoms. The van der Waals surface area contributed by atoms with Gasteiger partial charge in [0.1, 0.15) is 5.52 Å². The third kappa shape index (κ3) is 3.80. The van der Waals surface area contributed by atoms with Crippen LogP contribution in [0.1, 0.15) is 17.3 Å². The molecule has 8 heteroatoms. The van der Waals surface area contributed by atoms with Crippen LogP contribution in [0.4, 0.5) is 5.69 Å². The summed E-state index contributed by atoms with van der Waals surface area (Å²) in [6.45, 7) is 2.70. The number of nitrogens with one attached hydrogen (secondary N) is 1. The molecule has 0 bridgehead atoms. The van der Waals surface area contributed by atoms with E-state index in [1.54, 1.807) is 22.9 Å². The number of thioether (sulfide) groups is 1. The number of primary amides is 1. The van der Waals surface area contributed by atoms with Crippen molar-refractivity contribution in [3.8, 4) is 0 Å². The normalized spacial score (nSPS) is 10.8. The fraction of sp³-hybridized carbons (Fsp3) is 0.176. The smallest absolute Gasteiger partial charge is 0.255 e. The van der Waals surface area contributed by atoms with E-state index in [9.17, 15) is 9.59 Å². The zero-order chi connectivity index (χ0) is 17.8. The number of carbonyl (C=O) groups is 2. The number of aryl methyl sites for hydroxylation is 1. The third-order valence-electron chi connectivity index (χ3n) is 3.58. The van der Waals surface area contributed by atoms with Crippen molar-refractivity contribution in [3.05, 3.63) is 48.0 Å². The molecule has 128 valence electrons. The first kappa shape index (κ1) is 17.0. The van der Waals surface area contributed by atoms with Gasteiger partial charge in [0, 0.05) is 17.0 Å². The van der Waals surface area contributed by atoms with Gasteiger partial charge in [-0.15, -0.1) is 16.9 Å². The van der Waals surface area contributed by atoms with Crippen molar-refractivity contribution in [1.82, 2.24) is 15.0 Å². The van der Waals surface area contributed by atoms with Crippen LogP contribution in [-0.4, -0.2) is 32.6 Å². The van der Waals surface area contributed by atoms with E-state index in [1.165, 1.54) is 11.8 Å². The predicted octanol–water partition coefficient (Wildman–Crippen LogP) is 2.28. The summed E-state index contributed by atoms with van der Waals surface area (Å²) in [6, 6.07) is 12.6. The number of para-hydroxylation sites is 1.